The third kappa shape index (κ3) is 2.99. The molecule has 0 aliphatic rings. The van der Waals surface area contributed by atoms with E-state index in [1.54, 1.807) is 29.1 Å². The minimum absolute atomic E-state index is 0.329. The molecule has 2 aromatic carbocycles. The van der Waals surface area contributed by atoms with Crippen molar-refractivity contribution in [3.8, 4) is 11.3 Å². The van der Waals surface area contributed by atoms with Crippen LogP contribution < -0.4 is 5.32 Å². The van der Waals surface area contributed by atoms with E-state index in [9.17, 15) is 13.2 Å². The molecule has 0 saturated heterocycles. The molecule has 0 atom stereocenters. The first kappa shape index (κ1) is 16.1. The number of benzene rings is 2. The molecular formula is C19H13F3N4. The van der Waals surface area contributed by atoms with Gasteiger partial charge in [-0.3, -0.25) is 9.38 Å². The van der Waals surface area contributed by atoms with Gasteiger partial charge >= 0.3 is 6.18 Å². The van der Waals surface area contributed by atoms with Gasteiger partial charge in [-0.05, 0) is 18.2 Å². The van der Waals surface area contributed by atoms with E-state index in [4.69, 9.17) is 0 Å². The van der Waals surface area contributed by atoms with Crippen molar-refractivity contribution in [2.24, 2.45) is 0 Å². The Balaban J connectivity index is 1.84. The highest BCUT2D eigenvalue weighted by atomic mass is 19.4. The number of imidazole rings is 1. The standard InChI is InChI=1S/C19H13F3N4/c20-19(21,22)14-7-4-8-15(11-14)24-18-17(13-5-2-1-3-6-13)25-16-12-23-9-10-26(16)18/h1-12,24H. The van der Waals surface area contributed by atoms with E-state index < -0.39 is 11.7 Å². The Labute approximate surface area is 147 Å². The number of halogens is 3. The molecule has 0 radical (unpaired) electrons. The topological polar surface area (TPSA) is 42.2 Å². The van der Waals surface area contributed by atoms with Crippen LogP contribution in [0.15, 0.2) is 73.2 Å². The van der Waals surface area contributed by atoms with Gasteiger partial charge in [0.25, 0.3) is 0 Å². The lowest BCUT2D eigenvalue weighted by molar-refractivity contribution is -0.137. The van der Waals surface area contributed by atoms with Gasteiger partial charge in [0.1, 0.15) is 11.5 Å². The van der Waals surface area contributed by atoms with Crippen molar-refractivity contribution in [2.45, 2.75) is 6.18 Å². The van der Waals surface area contributed by atoms with E-state index in [-0.39, 0.29) is 0 Å². The molecule has 130 valence electrons. The van der Waals surface area contributed by atoms with Crippen molar-refractivity contribution in [3.05, 3.63) is 78.8 Å². The zero-order valence-corrected chi connectivity index (χ0v) is 13.4. The third-order valence-corrected chi connectivity index (χ3v) is 3.93. The number of rotatable bonds is 3. The highest BCUT2D eigenvalue weighted by Gasteiger charge is 2.30. The Kier molecular flexibility index (Phi) is 3.84. The van der Waals surface area contributed by atoms with E-state index >= 15 is 0 Å². The average Bonchev–Trinajstić information content (AvgIpc) is 3.01. The second-order valence-corrected chi connectivity index (χ2v) is 5.68. The summed E-state index contributed by atoms with van der Waals surface area (Å²) < 4.78 is 40.7. The maximum absolute atomic E-state index is 13.0. The SMILES string of the molecule is FC(F)(F)c1cccc(Nc2c(-c3ccccc3)nc3cnccn23)c1. The van der Waals surface area contributed by atoms with Crippen LogP contribution in [0.2, 0.25) is 0 Å². The fraction of sp³-hybridized carbons (Fsp3) is 0.0526. The predicted molar refractivity (Wildman–Crippen MR) is 93.1 cm³/mol. The number of alkyl halides is 3. The summed E-state index contributed by atoms with van der Waals surface area (Å²) in [4.78, 5) is 8.62. The van der Waals surface area contributed by atoms with Crippen molar-refractivity contribution in [2.75, 3.05) is 5.32 Å². The number of anilines is 2. The molecule has 4 nitrogen and oxygen atoms in total. The molecule has 2 heterocycles. The van der Waals surface area contributed by atoms with E-state index in [1.165, 1.54) is 6.07 Å². The zero-order valence-electron chi connectivity index (χ0n) is 13.4. The van der Waals surface area contributed by atoms with Crippen LogP contribution in [0, 0.1) is 0 Å². The minimum Gasteiger partial charge on any atom is -0.339 e. The summed E-state index contributed by atoms with van der Waals surface area (Å²) in [5.41, 5.74) is 1.71. The van der Waals surface area contributed by atoms with Gasteiger partial charge in [0.2, 0.25) is 0 Å². The molecule has 0 saturated carbocycles. The molecule has 0 fully saturated rings. The fourth-order valence-electron chi connectivity index (χ4n) is 2.73. The molecule has 0 spiro atoms. The first-order valence-electron chi connectivity index (χ1n) is 7.84. The van der Waals surface area contributed by atoms with Gasteiger partial charge in [0.15, 0.2) is 5.65 Å². The van der Waals surface area contributed by atoms with Gasteiger partial charge in [-0.25, -0.2) is 4.98 Å². The second kappa shape index (κ2) is 6.18. The maximum Gasteiger partial charge on any atom is 0.416 e. The van der Waals surface area contributed by atoms with Crippen molar-refractivity contribution >= 4 is 17.2 Å². The Morgan fingerprint density at radius 1 is 0.962 bits per heavy atom. The van der Waals surface area contributed by atoms with Crippen molar-refractivity contribution in [3.63, 3.8) is 0 Å². The highest BCUT2D eigenvalue weighted by molar-refractivity contribution is 5.79. The van der Waals surface area contributed by atoms with Crippen LogP contribution in [0.4, 0.5) is 24.7 Å². The number of fused-ring (bicyclic) bond motifs is 1. The molecule has 0 aliphatic heterocycles. The lowest BCUT2D eigenvalue weighted by Gasteiger charge is -2.12. The second-order valence-electron chi connectivity index (χ2n) is 5.68. The summed E-state index contributed by atoms with van der Waals surface area (Å²) >= 11 is 0. The van der Waals surface area contributed by atoms with Crippen LogP contribution in [0.25, 0.3) is 16.9 Å². The Morgan fingerprint density at radius 2 is 1.77 bits per heavy atom. The number of nitrogens with zero attached hydrogens (tertiary/aromatic N) is 3. The largest absolute Gasteiger partial charge is 0.416 e. The third-order valence-electron chi connectivity index (χ3n) is 3.93. The molecule has 1 N–H and O–H groups in total. The van der Waals surface area contributed by atoms with E-state index in [0.717, 1.165) is 17.7 Å². The van der Waals surface area contributed by atoms with Crippen molar-refractivity contribution in [1.29, 1.82) is 0 Å². The first-order chi connectivity index (χ1) is 12.5. The minimum atomic E-state index is -4.40. The Bertz CT molecular complexity index is 1060. The number of hydrogen-bond acceptors (Lipinski definition) is 3. The van der Waals surface area contributed by atoms with Gasteiger partial charge in [-0.15, -0.1) is 0 Å². The summed E-state index contributed by atoms with van der Waals surface area (Å²) in [6.07, 6.45) is 0.512. The molecule has 7 heteroatoms. The number of nitrogens with one attached hydrogen (secondary N) is 1. The molecule has 0 amide bonds. The van der Waals surface area contributed by atoms with Gasteiger partial charge in [0, 0.05) is 23.6 Å². The van der Waals surface area contributed by atoms with Gasteiger partial charge in [0.05, 0.1) is 11.8 Å². The molecule has 2 aromatic heterocycles. The van der Waals surface area contributed by atoms with Gasteiger partial charge in [-0.2, -0.15) is 13.2 Å². The summed E-state index contributed by atoms with van der Waals surface area (Å²) in [5.74, 6) is 0.577. The summed E-state index contributed by atoms with van der Waals surface area (Å²) in [7, 11) is 0. The van der Waals surface area contributed by atoms with Crippen LogP contribution in [0.3, 0.4) is 0 Å². The Hall–Kier alpha value is -3.35. The van der Waals surface area contributed by atoms with Crippen LogP contribution >= 0.6 is 0 Å². The zero-order chi connectivity index (χ0) is 18.1. The average molecular weight is 354 g/mol. The number of aromatic nitrogens is 3. The summed E-state index contributed by atoms with van der Waals surface area (Å²) in [6.45, 7) is 0. The van der Waals surface area contributed by atoms with Crippen molar-refractivity contribution < 1.29 is 13.2 Å². The van der Waals surface area contributed by atoms with Gasteiger partial charge < -0.3 is 5.32 Å². The molecule has 0 unspecified atom stereocenters. The summed E-state index contributed by atoms with van der Waals surface area (Å²) in [5, 5.41) is 3.08. The molecule has 4 aromatic rings. The summed E-state index contributed by atoms with van der Waals surface area (Å²) in [6, 6.07) is 14.5. The normalized spacial score (nSPS) is 11.7. The van der Waals surface area contributed by atoms with Crippen molar-refractivity contribution in [1.82, 2.24) is 14.4 Å². The van der Waals surface area contributed by atoms with E-state index in [2.05, 4.69) is 15.3 Å². The molecule has 0 bridgehead atoms. The first-order valence-corrected chi connectivity index (χ1v) is 7.84. The molecular weight excluding hydrogens is 341 g/mol. The number of hydrogen-bond donors (Lipinski definition) is 1. The van der Waals surface area contributed by atoms with E-state index in [0.29, 0.717) is 22.8 Å². The molecule has 0 aliphatic carbocycles. The predicted octanol–water partition coefficient (Wildman–Crippen LogP) is 5.16. The lowest BCUT2D eigenvalue weighted by atomic mass is 10.1. The van der Waals surface area contributed by atoms with Crippen LogP contribution in [-0.2, 0) is 6.18 Å². The van der Waals surface area contributed by atoms with Crippen LogP contribution in [0.1, 0.15) is 5.56 Å². The lowest BCUT2D eigenvalue weighted by Crippen LogP contribution is -2.05. The monoisotopic (exact) mass is 354 g/mol. The van der Waals surface area contributed by atoms with E-state index in [1.807, 2.05) is 30.3 Å². The maximum atomic E-state index is 13.0. The molecule has 26 heavy (non-hydrogen) atoms. The smallest absolute Gasteiger partial charge is 0.339 e. The quantitative estimate of drug-likeness (QED) is 0.553. The molecule has 4 rings (SSSR count). The highest BCUT2D eigenvalue weighted by Crippen LogP contribution is 2.34. The fourth-order valence-corrected chi connectivity index (χ4v) is 2.73. The van der Waals surface area contributed by atoms with Crippen LogP contribution in [-0.4, -0.2) is 14.4 Å². The van der Waals surface area contributed by atoms with Crippen LogP contribution in [0.5, 0.6) is 0 Å². The van der Waals surface area contributed by atoms with Gasteiger partial charge in [-0.1, -0.05) is 36.4 Å². The Morgan fingerprint density at radius 3 is 2.54 bits per heavy atom.